The van der Waals surface area contributed by atoms with Gasteiger partial charge in [0.15, 0.2) is 5.82 Å². The minimum Gasteiger partial charge on any atom is -0.481 e. The Morgan fingerprint density at radius 1 is 1.26 bits per heavy atom. The van der Waals surface area contributed by atoms with Crippen LogP contribution in [0.2, 0.25) is 0 Å². The molecule has 0 aliphatic carbocycles. The Labute approximate surface area is 163 Å². The summed E-state index contributed by atoms with van der Waals surface area (Å²) in [5.74, 6) is 1.16. The van der Waals surface area contributed by atoms with E-state index in [0.717, 1.165) is 41.1 Å². The second kappa shape index (κ2) is 7.48. The lowest BCUT2D eigenvalue weighted by Crippen LogP contribution is -2.44. The van der Waals surface area contributed by atoms with Crippen molar-refractivity contribution in [2.24, 2.45) is 17.8 Å². The molecule has 4 rings (SSSR count). The first-order valence-electron chi connectivity index (χ1n) is 9.32. The van der Waals surface area contributed by atoms with E-state index >= 15 is 0 Å². The molecule has 6 nitrogen and oxygen atoms in total. The van der Waals surface area contributed by atoms with E-state index < -0.39 is 5.97 Å². The van der Waals surface area contributed by atoms with E-state index in [1.807, 2.05) is 0 Å². The van der Waals surface area contributed by atoms with Crippen molar-refractivity contribution in [3.63, 3.8) is 0 Å². The summed E-state index contributed by atoms with van der Waals surface area (Å²) in [5.41, 5.74) is 2.33. The Morgan fingerprint density at radius 2 is 2.00 bits per heavy atom. The summed E-state index contributed by atoms with van der Waals surface area (Å²) in [4.78, 5) is 23.5. The highest BCUT2D eigenvalue weighted by Crippen LogP contribution is 2.42. The van der Waals surface area contributed by atoms with Crippen LogP contribution in [0.3, 0.4) is 0 Å². The van der Waals surface area contributed by atoms with Gasteiger partial charge in [-0.2, -0.15) is 0 Å². The van der Waals surface area contributed by atoms with Gasteiger partial charge in [-0.3, -0.25) is 9.69 Å². The number of nitrogens with one attached hydrogen (secondary N) is 1. The third kappa shape index (κ3) is 3.94. The van der Waals surface area contributed by atoms with Crippen molar-refractivity contribution in [1.82, 2.24) is 14.9 Å². The fourth-order valence-corrected chi connectivity index (χ4v) is 5.17. The normalized spacial score (nSPS) is 24.6. The summed E-state index contributed by atoms with van der Waals surface area (Å²) >= 11 is 1.64. The van der Waals surface area contributed by atoms with Gasteiger partial charge in [0, 0.05) is 43.3 Å². The van der Waals surface area contributed by atoms with Crippen molar-refractivity contribution in [2.45, 2.75) is 36.7 Å². The molecule has 0 amide bonds. The van der Waals surface area contributed by atoms with Crippen molar-refractivity contribution in [3.8, 4) is 0 Å². The first-order chi connectivity index (χ1) is 13.0. The Balaban J connectivity index is 1.45. The van der Waals surface area contributed by atoms with Gasteiger partial charge in [-0.1, -0.05) is 31.7 Å². The van der Waals surface area contributed by atoms with Gasteiger partial charge in [-0.05, 0) is 35.4 Å². The number of aliphatic carboxylic acids is 1. The molecule has 2 unspecified atom stereocenters. The third-order valence-electron chi connectivity index (χ3n) is 5.54. The second-order valence-electron chi connectivity index (χ2n) is 7.68. The van der Waals surface area contributed by atoms with Crippen molar-refractivity contribution in [2.75, 3.05) is 18.4 Å². The molecule has 1 aromatic carbocycles. The van der Waals surface area contributed by atoms with Crippen LogP contribution in [-0.2, 0) is 11.3 Å². The number of rotatable bonds is 4. The van der Waals surface area contributed by atoms with Gasteiger partial charge in [0.25, 0.3) is 0 Å². The number of hydrogen-bond acceptors (Lipinski definition) is 6. The molecule has 2 aliphatic rings. The van der Waals surface area contributed by atoms with Gasteiger partial charge >= 0.3 is 5.97 Å². The van der Waals surface area contributed by atoms with E-state index in [4.69, 9.17) is 5.11 Å². The molecule has 27 heavy (non-hydrogen) atoms. The Morgan fingerprint density at radius 3 is 2.74 bits per heavy atom. The summed E-state index contributed by atoms with van der Waals surface area (Å²) in [6.07, 6.45) is 3.69. The van der Waals surface area contributed by atoms with Crippen LogP contribution in [0.25, 0.3) is 0 Å². The van der Waals surface area contributed by atoms with Crippen LogP contribution in [0.4, 0.5) is 11.5 Å². The number of carboxylic acids is 1. The maximum Gasteiger partial charge on any atom is 0.303 e. The predicted octanol–water partition coefficient (Wildman–Crippen LogP) is 3.86. The van der Waals surface area contributed by atoms with Crippen LogP contribution in [-0.4, -0.2) is 39.0 Å². The zero-order chi connectivity index (χ0) is 19.0. The smallest absolute Gasteiger partial charge is 0.303 e. The monoisotopic (exact) mass is 384 g/mol. The lowest BCUT2D eigenvalue weighted by molar-refractivity contribution is -0.139. The molecule has 2 atom stereocenters. The van der Waals surface area contributed by atoms with Gasteiger partial charge in [0.05, 0.1) is 5.69 Å². The number of piperidine rings is 1. The molecule has 1 saturated heterocycles. The van der Waals surface area contributed by atoms with Crippen LogP contribution in [0.1, 0.15) is 25.8 Å². The fraction of sp³-hybridized carbons (Fsp3) is 0.450. The van der Waals surface area contributed by atoms with Crippen molar-refractivity contribution >= 4 is 29.2 Å². The van der Waals surface area contributed by atoms with Gasteiger partial charge in [-0.25, -0.2) is 9.97 Å². The molecular weight excluding hydrogens is 360 g/mol. The standard InChI is InChI=1S/C20H24N4O2S/c1-12-9-24(10-13(2)15(12)8-18(25)26)11-14-3-4-17-16(7-14)23-19-20(27-17)22-6-5-21-19/h3-7,12-13,15H,8-11H2,1-2H3,(H,21,23)(H,25,26). The topological polar surface area (TPSA) is 78.3 Å². The molecule has 2 N–H and O–H groups in total. The number of nitrogens with zero attached hydrogens (tertiary/aromatic N) is 3. The van der Waals surface area contributed by atoms with E-state index in [0.29, 0.717) is 11.8 Å². The number of hydrogen-bond donors (Lipinski definition) is 2. The maximum atomic E-state index is 11.1. The molecule has 3 heterocycles. The van der Waals surface area contributed by atoms with Gasteiger partial charge < -0.3 is 10.4 Å². The Bertz CT molecular complexity index is 848. The van der Waals surface area contributed by atoms with E-state index in [2.05, 4.69) is 52.2 Å². The van der Waals surface area contributed by atoms with E-state index in [9.17, 15) is 4.79 Å². The van der Waals surface area contributed by atoms with Crippen LogP contribution in [0.5, 0.6) is 0 Å². The molecule has 0 bridgehead atoms. The summed E-state index contributed by atoms with van der Waals surface area (Å²) in [7, 11) is 0. The SMILES string of the molecule is CC1CN(Cc2ccc3c(c2)Nc2nccnc2S3)CC(C)C1CC(=O)O. The largest absolute Gasteiger partial charge is 0.481 e. The number of carboxylic acid groups (broad SMARTS) is 1. The predicted molar refractivity (Wildman–Crippen MR) is 105 cm³/mol. The minimum absolute atomic E-state index is 0.260. The van der Waals surface area contributed by atoms with E-state index in [1.165, 1.54) is 5.56 Å². The van der Waals surface area contributed by atoms with E-state index in [1.54, 1.807) is 24.2 Å². The molecule has 2 aliphatic heterocycles. The number of carbonyl (C=O) groups is 1. The minimum atomic E-state index is -0.686. The molecule has 7 heteroatoms. The highest BCUT2D eigenvalue weighted by atomic mass is 32.2. The lowest BCUT2D eigenvalue weighted by Gasteiger charge is -2.41. The average Bonchev–Trinajstić information content (AvgIpc) is 2.63. The molecular formula is C20H24N4O2S. The van der Waals surface area contributed by atoms with Crippen molar-refractivity contribution in [1.29, 1.82) is 0 Å². The number of fused-ring (bicyclic) bond motifs is 2. The van der Waals surface area contributed by atoms with Gasteiger partial charge in [0.1, 0.15) is 5.03 Å². The van der Waals surface area contributed by atoms with Crippen LogP contribution >= 0.6 is 11.8 Å². The Kier molecular flexibility index (Phi) is 5.06. The first-order valence-corrected chi connectivity index (χ1v) is 10.1. The van der Waals surface area contributed by atoms with Crippen molar-refractivity contribution in [3.05, 3.63) is 36.2 Å². The molecule has 0 spiro atoms. The first kappa shape index (κ1) is 18.3. The summed E-state index contributed by atoms with van der Waals surface area (Å²) in [6, 6.07) is 6.51. The molecule has 1 aromatic heterocycles. The fourth-order valence-electron chi connectivity index (χ4n) is 4.29. The zero-order valence-corrected chi connectivity index (χ0v) is 16.4. The molecule has 142 valence electrons. The number of likely N-dealkylation sites (tertiary alicyclic amines) is 1. The quantitative estimate of drug-likeness (QED) is 0.707. The van der Waals surface area contributed by atoms with Gasteiger partial charge in [-0.15, -0.1) is 0 Å². The Hall–Kier alpha value is -2.12. The second-order valence-corrected chi connectivity index (χ2v) is 8.71. The van der Waals surface area contributed by atoms with Crippen LogP contribution in [0.15, 0.2) is 40.5 Å². The van der Waals surface area contributed by atoms with E-state index in [-0.39, 0.29) is 12.3 Å². The van der Waals surface area contributed by atoms with Crippen LogP contribution in [0, 0.1) is 17.8 Å². The summed E-state index contributed by atoms with van der Waals surface area (Å²) in [5, 5.41) is 13.4. The summed E-state index contributed by atoms with van der Waals surface area (Å²) in [6.45, 7) is 7.11. The lowest BCUT2D eigenvalue weighted by atomic mass is 9.77. The molecule has 0 radical (unpaired) electrons. The zero-order valence-electron chi connectivity index (χ0n) is 15.6. The van der Waals surface area contributed by atoms with Crippen LogP contribution < -0.4 is 5.32 Å². The summed E-state index contributed by atoms with van der Waals surface area (Å²) < 4.78 is 0. The molecule has 0 saturated carbocycles. The highest BCUT2D eigenvalue weighted by Gasteiger charge is 2.33. The number of anilines is 2. The van der Waals surface area contributed by atoms with Crippen molar-refractivity contribution < 1.29 is 9.90 Å². The number of aromatic nitrogens is 2. The number of benzene rings is 1. The molecule has 2 aromatic rings. The average molecular weight is 385 g/mol. The van der Waals surface area contributed by atoms with Gasteiger partial charge in [0.2, 0.25) is 0 Å². The third-order valence-corrected chi connectivity index (χ3v) is 6.61. The highest BCUT2D eigenvalue weighted by molar-refractivity contribution is 7.99. The maximum absolute atomic E-state index is 11.1. The molecule has 1 fully saturated rings.